The molecule has 9 heteroatoms. The summed E-state index contributed by atoms with van der Waals surface area (Å²) < 4.78 is 1.49. The van der Waals surface area contributed by atoms with Crippen molar-refractivity contribution in [2.24, 2.45) is 0 Å². The number of aliphatic carboxylic acids is 1. The maximum absolute atomic E-state index is 11.4. The summed E-state index contributed by atoms with van der Waals surface area (Å²) in [5.74, 6) is -1.26. The van der Waals surface area contributed by atoms with E-state index in [1.807, 2.05) is 0 Å². The van der Waals surface area contributed by atoms with Crippen molar-refractivity contribution in [3.8, 4) is 5.69 Å². The Morgan fingerprint density at radius 3 is 2.57 bits per heavy atom. The van der Waals surface area contributed by atoms with Crippen molar-refractivity contribution in [3.63, 3.8) is 0 Å². The monoisotopic (exact) mass is 364 g/mol. The minimum absolute atomic E-state index is 0.199. The molecule has 0 saturated heterocycles. The fraction of sp³-hybridized carbons (Fsp3) is 0.0833. The van der Waals surface area contributed by atoms with Gasteiger partial charge in [-0.2, -0.15) is 4.98 Å². The van der Waals surface area contributed by atoms with Crippen molar-refractivity contribution < 1.29 is 9.90 Å². The van der Waals surface area contributed by atoms with Crippen LogP contribution in [-0.2, 0) is 4.79 Å². The number of aromatic nitrogens is 2. The smallest absolute Gasteiger partial charge is 0.313 e. The summed E-state index contributed by atoms with van der Waals surface area (Å²) in [6.45, 7) is 0. The van der Waals surface area contributed by atoms with Gasteiger partial charge in [0.25, 0.3) is 5.56 Å². The molecule has 0 aliphatic rings. The molecule has 0 radical (unpaired) electrons. The molecule has 0 aliphatic carbocycles. The Hall–Kier alpha value is -1.21. The molecular formula is C12H7Cl3N2O3S. The van der Waals surface area contributed by atoms with Crippen LogP contribution < -0.4 is 5.56 Å². The largest absolute Gasteiger partial charge is 0.481 e. The van der Waals surface area contributed by atoms with E-state index in [9.17, 15) is 9.59 Å². The topological polar surface area (TPSA) is 72.2 Å². The number of carboxylic acid groups (broad SMARTS) is 1. The third kappa shape index (κ3) is 3.91. The Balaban J connectivity index is 2.55. The van der Waals surface area contributed by atoms with Gasteiger partial charge in [0.2, 0.25) is 0 Å². The molecular weight excluding hydrogens is 359 g/mol. The van der Waals surface area contributed by atoms with E-state index in [0.717, 1.165) is 11.8 Å². The lowest BCUT2D eigenvalue weighted by Crippen LogP contribution is -2.13. The summed E-state index contributed by atoms with van der Waals surface area (Å²) in [5, 5.41) is 9.81. The lowest BCUT2D eigenvalue weighted by atomic mass is 10.3. The zero-order valence-corrected chi connectivity index (χ0v) is 13.3. The van der Waals surface area contributed by atoms with E-state index < -0.39 is 11.5 Å². The molecule has 2 rings (SSSR count). The van der Waals surface area contributed by atoms with Crippen LogP contribution in [0.15, 0.2) is 34.3 Å². The van der Waals surface area contributed by atoms with E-state index in [2.05, 4.69) is 4.98 Å². The molecule has 0 fully saturated rings. The van der Waals surface area contributed by atoms with Crippen LogP contribution in [0.5, 0.6) is 0 Å². The molecule has 110 valence electrons. The molecule has 0 bridgehead atoms. The Labute approximate surface area is 138 Å². The van der Waals surface area contributed by atoms with Gasteiger partial charge in [0.05, 0.1) is 26.5 Å². The average Bonchev–Trinajstić information content (AvgIpc) is 2.41. The molecule has 0 amide bonds. The standard InChI is InChI=1S/C12H7Cl3N2O3S/c13-6-3-8(15)9(4-7(6)14)17-2-1-10(18)16-12(17)21-5-11(19)20/h1-4H,5H2,(H,19,20). The molecule has 21 heavy (non-hydrogen) atoms. The highest BCUT2D eigenvalue weighted by Crippen LogP contribution is 2.32. The molecule has 5 nitrogen and oxygen atoms in total. The van der Waals surface area contributed by atoms with Crippen molar-refractivity contribution >= 4 is 52.5 Å². The zero-order chi connectivity index (χ0) is 15.6. The van der Waals surface area contributed by atoms with E-state index in [-0.39, 0.29) is 15.9 Å². The molecule has 0 unspecified atom stereocenters. The van der Waals surface area contributed by atoms with Gasteiger partial charge in [-0.15, -0.1) is 0 Å². The second-order valence-corrected chi connectivity index (χ2v) is 5.98. The average molecular weight is 366 g/mol. The van der Waals surface area contributed by atoms with Gasteiger partial charge < -0.3 is 5.11 Å². The van der Waals surface area contributed by atoms with E-state index >= 15 is 0 Å². The van der Waals surface area contributed by atoms with Gasteiger partial charge in [-0.25, -0.2) is 0 Å². The minimum atomic E-state index is -1.02. The second kappa shape index (κ2) is 6.70. The van der Waals surface area contributed by atoms with Crippen molar-refractivity contribution in [1.29, 1.82) is 0 Å². The Kier molecular flexibility index (Phi) is 5.16. The van der Waals surface area contributed by atoms with Crippen molar-refractivity contribution in [1.82, 2.24) is 9.55 Å². The number of carboxylic acids is 1. The molecule has 1 aromatic heterocycles. The first kappa shape index (κ1) is 16.2. The molecule has 0 saturated carbocycles. The number of benzene rings is 1. The predicted molar refractivity (Wildman–Crippen MR) is 83.2 cm³/mol. The Bertz CT molecular complexity index is 764. The Morgan fingerprint density at radius 2 is 1.90 bits per heavy atom. The molecule has 1 N–H and O–H groups in total. The summed E-state index contributed by atoms with van der Waals surface area (Å²) >= 11 is 18.8. The lowest BCUT2D eigenvalue weighted by molar-refractivity contribution is -0.133. The number of carbonyl (C=O) groups is 1. The summed E-state index contributed by atoms with van der Waals surface area (Å²) in [4.78, 5) is 25.8. The van der Waals surface area contributed by atoms with Gasteiger partial charge in [-0.3, -0.25) is 14.2 Å². The summed E-state index contributed by atoms with van der Waals surface area (Å²) in [6, 6.07) is 4.22. The summed E-state index contributed by atoms with van der Waals surface area (Å²) in [5.41, 5.74) is -0.0261. The number of nitrogens with zero attached hydrogens (tertiary/aromatic N) is 2. The third-order valence-electron chi connectivity index (χ3n) is 2.35. The van der Waals surface area contributed by atoms with E-state index in [1.54, 1.807) is 0 Å². The van der Waals surface area contributed by atoms with Crippen LogP contribution in [0, 0.1) is 0 Å². The second-order valence-electron chi connectivity index (χ2n) is 3.82. The van der Waals surface area contributed by atoms with Gasteiger partial charge in [-0.05, 0) is 12.1 Å². The van der Waals surface area contributed by atoms with Crippen LogP contribution in [0.3, 0.4) is 0 Å². The molecule has 2 aromatic rings. The predicted octanol–water partition coefficient (Wildman–Crippen LogP) is 3.37. The van der Waals surface area contributed by atoms with Crippen molar-refractivity contribution in [2.45, 2.75) is 5.16 Å². The van der Waals surface area contributed by atoms with E-state index in [1.165, 1.54) is 29.0 Å². The highest BCUT2D eigenvalue weighted by molar-refractivity contribution is 7.99. The zero-order valence-electron chi connectivity index (χ0n) is 10.2. The van der Waals surface area contributed by atoms with Gasteiger partial charge >= 0.3 is 5.97 Å². The quantitative estimate of drug-likeness (QED) is 0.511. The van der Waals surface area contributed by atoms with Crippen LogP contribution >= 0.6 is 46.6 Å². The van der Waals surface area contributed by atoms with Crippen LogP contribution in [0.4, 0.5) is 0 Å². The number of halogens is 3. The fourth-order valence-electron chi connectivity index (χ4n) is 1.50. The highest BCUT2D eigenvalue weighted by atomic mass is 35.5. The molecule has 1 heterocycles. The van der Waals surface area contributed by atoms with Crippen LogP contribution in [0.2, 0.25) is 15.1 Å². The molecule has 0 atom stereocenters. The van der Waals surface area contributed by atoms with Crippen molar-refractivity contribution in [3.05, 3.63) is 49.8 Å². The summed E-state index contributed by atoms with van der Waals surface area (Å²) in [6.07, 6.45) is 1.45. The third-order valence-corrected chi connectivity index (χ3v) is 4.31. The number of hydrogen-bond donors (Lipinski definition) is 1. The van der Waals surface area contributed by atoms with Gasteiger partial charge in [0.15, 0.2) is 5.16 Å². The minimum Gasteiger partial charge on any atom is -0.481 e. The SMILES string of the molecule is O=C(O)CSc1nc(=O)ccn1-c1cc(Cl)c(Cl)cc1Cl. The number of hydrogen-bond acceptors (Lipinski definition) is 4. The maximum atomic E-state index is 11.4. The first-order chi connectivity index (χ1) is 9.88. The number of thioether (sulfide) groups is 1. The van der Waals surface area contributed by atoms with Gasteiger partial charge in [-0.1, -0.05) is 46.6 Å². The first-order valence-electron chi connectivity index (χ1n) is 5.47. The van der Waals surface area contributed by atoms with Gasteiger partial charge in [0.1, 0.15) is 0 Å². The van der Waals surface area contributed by atoms with Crippen LogP contribution in [0.1, 0.15) is 0 Å². The molecule has 1 aromatic carbocycles. The fourth-order valence-corrected chi connectivity index (χ4v) is 2.83. The normalized spacial score (nSPS) is 10.6. The van der Waals surface area contributed by atoms with Gasteiger partial charge in [0, 0.05) is 12.3 Å². The number of rotatable bonds is 4. The summed E-state index contributed by atoms with van der Waals surface area (Å²) in [7, 11) is 0. The highest BCUT2D eigenvalue weighted by Gasteiger charge is 2.13. The van der Waals surface area contributed by atoms with E-state index in [4.69, 9.17) is 39.9 Å². The first-order valence-corrected chi connectivity index (χ1v) is 7.59. The van der Waals surface area contributed by atoms with Crippen LogP contribution in [0.25, 0.3) is 5.69 Å². The lowest BCUT2D eigenvalue weighted by Gasteiger charge is -2.13. The molecule has 0 aliphatic heterocycles. The van der Waals surface area contributed by atoms with Crippen molar-refractivity contribution in [2.75, 3.05) is 5.75 Å². The maximum Gasteiger partial charge on any atom is 0.313 e. The van der Waals surface area contributed by atoms with Crippen LogP contribution in [-0.4, -0.2) is 26.4 Å². The Morgan fingerprint density at radius 1 is 1.24 bits per heavy atom. The molecule has 0 spiro atoms. The van der Waals surface area contributed by atoms with E-state index in [0.29, 0.717) is 15.7 Å².